The van der Waals surface area contributed by atoms with Crippen molar-refractivity contribution in [1.29, 1.82) is 0 Å². The Hall–Kier alpha value is -1.50. The molecule has 2 aliphatic rings. The van der Waals surface area contributed by atoms with Gasteiger partial charge in [-0.15, -0.1) is 12.4 Å². The number of halogens is 2. The Kier molecular flexibility index (Phi) is 5.50. The van der Waals surface area contributed by atoms with E-state index in [0.29, 0.717) is 22.1 Å². The van der Waals surface area contributed by atoms with Gasteiger partial charge in [-0.05, 0) is 25.5 Å². The van der Waals surface area contributed by atoms with E-state index in [4.69, 9.17) is 16.3 Å². The third-order valence-corrected chi connectivity index (χ3v) is 3.90. The van der Waals surface area contributed by atoms with Gasteiger partial charge in [0.1, 0.15) is 5.75 Å². The van der Waals surface area contributed by atoms with Gasteiger partial charge in [-0.3, -0.25) is 9.59 Å². The number of fused-ring (bicyclic) bond motifs is 1. The molecule has 1 aromatic rings. The van der Waals surface area contributed by atoms with Gasteiger partial charge in [-0.25, -0.2) is 0 Å². The molecule has 0 radical (unpaired) electrons. The van der Waals surface area contributed by atoms with E-state index in [1.165, 1.54) is 0 Å². The second kappa shape index (κ2) is 7.17. The Morgan fingerprint density at radius 3 is 2.91 bits per heavy atom. The van der Waals surface area contributed by atoms with Crippen LogP contribution in [0, 0.1) is 0 Å². The van der Waals surface area contributed by atoms with Crippen molar-refractivity contribution in [3.8, 4) is 5.75 Å². The van der Waals surface area contributed by atoms with E-state index >= 15 is 0 Å². The fraction of sp³-hybridized carbons (Fsp3) is 0.429. The fourth-order valence-electron chi connectivity index (χ4n) is 2.49. The van der Waals surface area contributed by atoms with Crippen LogP contribution in [0.1, 0.15) is 19.3 Å². The lowest BCUT2D eigenvalue weighted by Gasteiger charge is -2.24. The van der Waals surface area contributed by atoms with Gasteiger partial charge in [0.15, 0.2) is 6.61 Å². The van der Waals surface area contributed by atoms with Gasteiger partial charge >= 0.3 is 0 Å². The molecule has 2 heterocycles. The highest BCUT2D eigenvalue weighted by Gasteiger charge is 2.23. The fourth-order valence-corrected chi connectivity index (χ4v) is 2.70. The Morgan fingerprint density at radius 2 is 2.18 bits per heavy atom. The normalized spacial score (nSPS) is 20.0. The zero-order valence-electron chi connectivity index (χ0n) is 11.8. The van der Waals surface area contributed by atoms with Gasteiger partial charge in [0.2, 0.25) is 5.91 Å². The lowest BCUT2D eigenvalue weighted by atomic mass is 10.0. The van der Waals surface area contributed by atoms with Gasteiger partial charge in [-0.1, -0.05) is 18.0 Å². The SMILES string of the molecule is Cl.O=C1COc2cc(NC(=O)C3CCCCN3)c(Cl)cc2N1. The first-order chi connectivity index (χ1) is 10.1. The minimum atomic E-state index is -0.221. The first-order valence-corrected chi connectivity index (χ1v) is 7.32. The van der Waals surface area contributed by atoms with Crippen LogP contribution in [-0.4, -0.2) is 31.0 Å². The summed E-state index contributed by atoms with van der Waals surface area (Å²) in [7, 11) is 0. The summed E-state index contributed by atoms with van der Waals surface area (Å²) < 4.78 is 5.32. The van der Waals surface area contributed by atoms with Crippen LogP contribution in [0.2, 0.25) is 5.02 Å². The molecule has 1 unspecified atom stereocenters. The second-order valence-electron chi connectivity index (χ2n) is 5.16. The zero-order chi connectivity index (χ0) is 14.8. The summed E-state index contributed by atoms with van der Waals surface area (Å²) >= 11 is 6.15. The average molecular weight is 346 g/mol. The molecule has 1 fully saturated rings. The molecular formula is C14H17Cl2N3O3. The van der Waals surface area contributed by atoms with Gasteiger partial charge in [0.25, 0.3) is 5.91 Å². The largest absolute Gasteiger partial charge is 0.482 e. The van der Waals surface area contributed by atoms with Gasteiger partial charge in [0, 0.05) is 6.07 Å². The van der Waals surface area contributed by atoms with E-state index in [-0.39, 0.29) is 36.9 Å². The molecule has 3 rings (SSSR count). The van der Waals surface area contributed by atoms with Crippen LogP contribution in [0.5, 0.6) is 5.75 Å². The van der Waals surface area contributed by atoms with Crippen molar-refractivity contribution in [2.24, 2.45) is 0 Å². The van der Waals surface area contributed by atoms with Crippen LogP contribution in [0.15, 0.2) is 12.1 Å². The Morgan fingerprint density at radius 1 is 1.36 bits per heavy atom. The molecule has 1 saturated heterocycles. The molecule has 22 heavy (non-hydrogen) atoms. The topological polar surface area (TPSA) is 79.5 Å². The summed E-state index contributed by atoms with van der Waals surface area (Å²) in [6, 6.07) is 3.03. The number of carbonyl (C=O) groups excluding carboxylic acids is 2. The monoisotopic (exact) mass is 345 g/mol. The molecule has 0 bridgehead atoms. The third kappa shape index (κ3) is 3.63. The predicted octanol–water partition coefficient (Wildman–Crippen LogP) is 2.17. The van der Waals surface area contributed by atoms with E-state index < -0.39 is 0 Å². The minimum absolute atomic E-state index is 0. The highest BCUT2D eigenvalue weighted by Crippen LogP contribution is 2.36. The standard InChI is InChI=1S/C14H16ClN3O3.ClH/c15-8-5-11-12(21-7-13(19)17-11)6-10(8)18-14(20)9-3-1-2-4-16-9;/h5-6,9,16H,1-4,7H2,(H,17,19)(H,18,20);1H. The van der Waals surface area contributed by atoms with Crippen molar-refractivity contribution >= 4 is 47.2 Å². The molecule has 0 aliphatic carbocycles. The quantitative estimate of drug-likeness (QED) is 0.767. The molecule has 1 aromatic carbocycles. The first kappa shape index (κ1) is 16.9. The smallest absolute Gasteiger partial charge is 0.262 e. The van der Waals surface area contributed by atoms with Crippen LogP contribution < -0.4 is 20.7 Å². The number of nitrogens with one attached hydrogen (secondary N) is 3. The summed E-state index contributed by atoms with van der Waals surface area (Å²) in [4.78, 5) is 23.4. The Bertz CT molecular complexity index is 589. The van der Waals surface area contributed by atoms with Gasteiger partial charge < -0.3 is 20.7 Å². The van der Waals surface area contributed by atoms with Crippen LogP contribution in [0.3, 0.4) is 0 Å². The molecule has 120 valence electrons. The molecule has 1 atom stereocenters. The number of benzene rings is 1. The number of amides is 2. The third-order valence-electron chi connectivity index (χ3n) is 3.59. The number of hydrogen-bond acceptors (Lipinski definition) is 4. The lowest BCUT2D eigenvalue weighted by molar-refractivity contribution is -0.119. The molecule has 6 nitrogen and oxygen atoms in total. The molecule has 0 saturated carbocycles. The molecular weight excluding hydrogens is 329 g/mol. The van der Waals surface area contributed by atoms with E-state index in [0.717, 1.165) is 25.8 Å². The number of carbonyl (C=O) groups is 2. The van der Waals surface area contributed by atoms with Crippen molar-refractivity contribution in [2.75, 3.05) is 23.8 Å². The maximum Gasteiger partial charge on any atom is 0.262 e. The van der Waals surface area contributed by atoms with Crippen LogP contribution in [0.25, 0.3) is 0 Å². The maximum absolute atomic E-state index is 12.2. The molecule has 2 amide bonds. The van der Waals surface area contributed by atoms with Crippen LogP contribution in [0.4, 0.5) is 11.4 Å². The minimum Gasteiger partial charge on any atom is -0.482 e. The van der Waals surface area contributed by atoms with Crippen molar-refractivity contribution < 1.29 is 14.3 Å². The van der Waals surface area contributed by atoms with Crippen molar-refractivity contribution in [3.63, 3.8) is 0 Å². The predicted molar refractivity (Wildman–Crippen MR) is 87.1 cm³/mol. The number of piperidine rings is 1. The van der Waals surface area contributed by atoms with Crippen LogP contribution >= 0.6 is 24.0 Å². The second-order valence-corrected chi connectivity index (χ2v) is 5.56. The molecule has 8 heteroatoms. The number of rotatable bonds is 2. The van der Waals surface area contributed by atoms with E-state index in [2.05, 4.69) is 16.0 Å². The summed E-state index contributed by atoms with van der Waals surface area (Å²) in [5, 5.41) is 9.03. The maximum atomic E-state index is 12.2. The van der Waals surface area contributed by atoms with Crippen LogP contribution in [-0.2, 0) is 9.59 Å². The summed E-state index contributed by atoms with van der Waals surface area (Å²) in [5.74, 6) is 0.184. The van der Waals surface area contributed by atoms with E-state index in [1.807, 2.05) is 0 Å². The summed E-state index contributed by atoms with van der Waals surface area (Å²) in [5.41, 5.74) is 1.01. The average Bonchev–Trinajstić information content (AvgIpc) is 2.49. The van der Waals surface area contributed by atoms with Crippen molar-refractivity contribution in [3.05, 3.63) is 17.2 Å². The highest BCUT2D eigenvalue weighted by molar-refractivity contribution is 6.34. The first-order valence-electron chi connectivity index (χ1n) is 6.94. The number of anilines is 2. The molecule has 0 aromatic heterocycles. The van der Waals surface area contributed by atoms with Gasteiger partial charge in [0.05, 0.1) is 22.4 Å². The number of hydrogen-bond donors (Lipinski definition) is 3. The highest BCUT2D eigenvalue weighted by atomic mass is 35.5. The number of ether oxygens (including phenoxy) is 1. The van der Waals surface area contributed by atoms with Crippen molar-refractivity contribution in [1.82, 2.24) is 5.32 Å². The summed E-state index contributed by atoms with van der Waals surface area (Å²) in [6.45, 7) is 0.817. The van der Waals surface area contributed by atoms with Gasteiger partial charge in [-0.2, -0.15) is 0 Å². The lowest BCUT2D eigenvalue weighted by Crippen LogP contribution is -2.43. The molecule has 0 spiro atoms. The zero-order valence-corrected chi connectivity index (χ0v) is 13.4. The summed E-state index contributed by atoms with van der Waals surface area (Å²) in [6.07, 6.45) is 2.95. The van der Waals surface area contributed by atoms with Crippen molar-refractivity contribution in [2.45, 2.75) is 25.3 Å². The van der Waals surface area contributed by atoms with E-state index in [9.17, 15) is 9.59 Å². The van der Waals surface area contributed by atoms with E-state index in [1.54, 1.807) is 12.1 Å². The Labute approximate surface area is 139 Å². The Balaban J connectivity index is 0.00000176. The molecule has 2 aliphatic heterocycles. The molecule has 3 N–H and O–H groups in total.